The lowest BCUT2D eigenvalue weighted by atomic mass is 9.72. The summed E-state index contributed by atoms with van der Waals surface area (Å²) in [5.41, 5.74) is 6.17. The van der Waals surface area contributed by atoms with Crippen molar-refractivity contribution in [3.05, 3.63) is 5.89 Å². The topological polar surface area (TPSA) is 68.2 Å². The molecule has 2 N–H and O–H groups in total. The maximum atomic E-state index is 6.32. The van der Waals surface area contributed by atoms with Gasteiger partial charge >= 0.3 is 0 Å². The van der Waals surface area contributed by atoms with Crippen LogP contribution in [0.1, 0.15) is 64.2 Å². The van der Waals surface area contributed by atoms with Crippen molar-refractivity contribution >= 4 is 5.95 Å². The van der Waals surface area contributed by atoms with Gasteiger partial charge in [0.25, 0.3) is 5.95 Å². The number of hydrogen-bond acceptors (Lipinski definition) is 5. The molecular formula is C15H26N4O. The van der Waals surface area contributed by atoms with Crippen LogP contribution in [-0.4, -0.2) is 29.3 Å². The highest BCUT2D eigenvalue weighted by Gasteiger charge is 2.41. The van der Waals surface area contributed by atoms with Crippen LogP contribution in [-0.2, 0) is 5.41 Å². The molecule has 5 heteroatoms. The van der Waals surface area contributed by atoms with Crippen molar-refractivity contribution < 1.29 is 4.52 Å². The molecule has 1 aliphatic carbocycles. The molecule has 112 valence electrons. The first kappa shape index (κ1) is 13.9. The zero-order chi connectivity index (χ0) is 14.0. The molecule has 2 unspecified atom stereocenters. The van der Waals surface area contributed by atoms with Crippen LogP contribution in [0.25, 0.3) is 0 Å². The molecule has 1 aromatic heterocycles. The summed E-state index contributed by atoms with van der Waals surface area (Å²) < 4.78 is 5.59. The average molecular weight is 278 g/mol. The lowest BCUT2D eigenvalue weighted by Crippen LogP contribution is -2.45. The fourth-order valence-electron chi connectivity index (χ4n) is 3.47. The van der Waals surface area contributed by atoms with Crippen LogP contribution in [0, 0.1) is 0 Å². The van der Waals surface area contributed by atoms with Crippen molar-refractivity contribution in [2.75, 3.05) is 18.0 Å². The minimum atomic E-state index is -0.144. The number of aromatic nitrogens is 2. The molecule has 0 amide bonds. The summed E-state index contributed by atoms with van der Waals surface area (Å²) in [6.07, 6.45) is 9.58. The lowest BCUT2D eigenvalue weighted by Gasteiger charge is -2.35. The minimum absolute atomic E-state index is 0.133. The van der Waals surface area contributed by atoms with Gasteiger partial charge in [-0.2, -0.15) is 4.98 Å². The van der Waals surface area contributed by atoms with Gasteiger partial charge in [0.05, 0.1) is 5.41 Å². The molecule has 1 saturated heterocycles. The predicted molar refractivity (Wildman–Crippen MR) is 78.8 cm³/mol. The molecule has 0 bridgehead atoms. The number of nitrogens with two attached hydrogens (primary N) is 1. The van der Waals surface area contributed by atoms with E-state index < -0.39 is 0 Å². The first-order valence-corrected chi connectivity index (χ1v) is 8.05. The number of hydrogen-bond donors (Lipinski definition) is 1. The second-order valence-corrected chi connectivity index (χ2v) is 6.57. The van der Waals surface area contributed by atoms with E-state index in [1.807, 2.05) is 0 Å². The van der Waals surface area contributed by atoms with Crippen LogP contribution in [0.2, 0.25) is 0 Å². The maximum Gasteiger partial charge on any atom is 0.266 e. The molecule has 1 aliphatic heterocycles. The SMILES string of the molecule is CC1(c2nc(N3CCCCCC3)no2)CCCCC1N. The van der Waals surface area contributed by atoms with E-state index in [9.17, 15) is 0 Å². The molecule has 0 aromatic carbocycles. The van der Waals surface area contributed by atoms with E-state index in [0.29, 0.717) is 0 Å². The molecule has 1 saturated carbocycles. The molecule has 2 fully saturated rings. The summed E-state index contributed by atoms with van der Waals surface area (Å²) in [4.78, 5) is 6.95. The Morgan fingerprint density at radius 1 is 1.15 bits per heavy atom. The molecule has 0 radical (unpaired) electrons. The van der Waals surface area contributed by atoms with Gasteiger partial charge in [0.1, 0.15) is 0 Å². The molecule has 2 aliphatic rings. The van der Waals surface area contributed by atoms with Crippen molar-refractivity contribution in [2.45, 2.75) is 69.7 Å². The first-order chi connectivity index (χ1) is 9.70. The van der Waals surface area contributed by atoms with Crippen LogP contribution in [0.3, 0.4) is 0 Å². The Labute approximate surface area is 120 Å². The third kappa shape index (κ3) is 2.55. The normalized spacial score (nSPS) is 32.1. The van der Waals surface area contributed by atoms with Gasteiger partial charge in [-0.1, -0.05) is 25.7 Å². The maximum absolute atomic E-state index is 6.32. The second-order valence-electron chi connectivity index (χ2n) is 6.57. The van der Waals surface area contributed by atoms with Crippen molar-refractivity contribution in [3.8, 4) is 0 Å². The van der Waals surface area contributed by atoms with E-state index in [1.165, 1.54) is 38.5 Å². The number of nitrogens with zero attached hydrogens (tertiary/aromatic N) is 3. The fourth-order valence-corrected chi connectivity index (χ4v) is 3.47. The fraction of sp³-hybridized carbons (Fsp3) is 0.867. The first-order valence-electron chi connectivity index (χ1n) is 8.05. The minimum Gasteiger partial charge on any atom is -0.338 e. The van der Waals surface area contributed by atoms with Crippen LogP contribution in [0.5, 0.6) is 0 Å². The number of rotatable bonds is 2. The highest BCUT2D eigenvalue weighted by Crippen LogP contribution is 2.38. The van der Waals surface area contributed by atoms with Gasteiger partial charge in [-0.3, -0.25) is 0 Å². The van der Waals surface area contributed by atoms with E-state index >= 15 is 0 Å². The summed E-state index contributed by atoms with van der Waals surface area (Å²) in [6.45, 7) is 4.26. The molecular weight excluding hydrogens is 252 g/mol. The van der Waals surface area contributed by atoms with Crippen LogP contribution < -0.4 is 10.6 Å². The molecule has 0 spiro atoms. The summed E-state index contributed by atoms with van der Waals surface area (Å²) in [6, 6.07) is 0.133. The third-order valence-corrected chi connectivity index (χ3v) is 5.07. The molecule has 2 atom stereocenters. The Bertz CT molecular complexity index is 439. The summed E-state index contributed by atoms with van der Waals surface area (Å²) in [5.74, 6) is 1.50. The van der Waals surface area contributed by atoms with Gasteiger partial charge in [-0.15, -0.1) is 0 Å². The molecule has 5 nitrogen and oxygen atoms in total. The van der Waals surface area contributed by atoms with E-state index in [2.05, 4.69) is 22.0 Å². The van der Waals surface area contributed by atoms with Crippen LogP contribution in [0.15, 0.2) is 4.52 Å². The van der Waals surface area contributed by atoms with Gasteiger partial charge in [0.15, 0.2) is 0 Å². The molecule has 2 heterocycles. The third-order valence-electron chi connectivity index (χ3n) is 5.07. The standard InChI is InChI=1S/C15H26N4O/c1-15(9-5-4-8-12(15)16)13-17-14(18-20-13)19-10-6-2-3-7-11-19/h12H,2-11,16H2,1H3. The molecule has 20 heavy (non-hydrogen) atoms. The van der Waals surface area contributed by atoms with Crippen LogP contribution >= 0.6 is 0 Å². The monoisotopic (exact) mass is 278 g/mol. The lowest BCUT2D eigenvalue weighted by molar-refractivity contribution is 0.203. The van der Waals surface area contributed by atoms with Gasteiger partial charge in [0, 0.05) is 19.1 Å². The van der Waals surface area contributed by atoms with Gasteiger partial charge < -0.3 is 15.2 Å². The summed E-state index contributed by atoms with van der Waals surface area (Å²) in [5, 5.41) is 4.22. The van der Waals surface area contributed by atoms with E-state index in [0.717, 1.165) is 37.8 Å². The zero-order valence-electron chi connectivity index (χ0n) is 12.5. The second kappa shape index (κ2) is 5.72. The highest BCUT2D eigenvalue weighted by molar-refractivity contribution is 5.29. The Balaban J connectivity index is 1.78. The van der Waals surface area contributed by atoms with E-state index in [-0.39, 0.29) is 11.5 Å². The van der Waals surface area contributed by atoms with Crippen molar-refractivity contribution in [3.63, 3.8) is 0 Å². The molecule has 1 aromatic rings. The summed E-state index contributed by atoms with van der Waals surface area (Å²) >= 11 is 0. The Kier molecular flexibility index (Phi) is 3.96. The van der Waals surface area contributed by atoms with Crippen LogP contribution in [0.4, 0.5) is 5.95 Å². The van der Waals surface area contributed by atoms with Crippen molar-refractivity contribution in [1.82, 2.24) is 10.1 Å². The van der Waals surface area contributed by atoms with E-state index in [4.69, 9.17) is 10.3 Å². The number of anilines is 1. The molecule has 3 rings (SSSR count). The zero-order valence-corrected chi connectivity index (χ0v) is 12.5. The van der Waals surface area contributed by atoms with Crippen molar-refractivity contribution in [1.29, 1.82) is 0 Å². The smallest absolute Gasteiger partial charge is 0.266 e. The Hall–Kier alpha value is -1.10. The van der Waals surface area contributed by atoms with Gasteiger partial charge in [0.2, 0.25) is 5.89 Å². The van der Waals surface area contributed by atoms with Gasteiger partial charge in [-0.25, -0.2) is 0 Å². The van der Waals surface area contributed by atoms with Gasteiger partial charge in [-0.05, 0) is 37.8 Å². The predicted octanol–water partition coefficient (Wildman–Crippen LogP) is 2.61. The Morgan fingerprint density at radius 3 is 2.60 bits per heavy atom. The average Bonchev–Trinajstić information content (AvgIpc) is 2.79. The highest BCUT2D eigenvalue weighted by atomic mass is 16.5. The van der Waals surface area contributed by atoms with E-state index in [1.54, 1.807) is 0 Å². The quantitative estimate of drug-likeness (QED) is 0.900. The summed E-state index contributed by atoms with van der Waals surface area (Å²) in [7, 11) is 0. The Morgan fingerprint density at radius 2 is 1.90 bits per heavy atom. The van der Waals surface area contributed by atoms with Crippen molar-refractivity contribution in [2.24, 2.45) is 5.73 Å². The largest absolute Gasteiger partial charge is 0.338 e.